The molecule has 1 aromatic rings. The summed E-state index contributed by atoms with van der Waals surface area (Å²) in [6.07, 6.45) is 0. The molecule has 16 heavy (non-hydrogen) atoms. The lowest BCUT2D eigenvalue weighted by Gasteiger charge is -2.09. The molecule has 0 atom stereocenters. The van der Waals surface area contributed by atoms with Crippen molar-refractivity contribution in [3.8, 4) is 0 Å². The normalized spacial score (nSPS) is 11.1. The predicted molar refractivity (Wildman–Crippen MR) is 66.2 cm³/mol. The van der Waals surface area contributed by atoms with E-state index in [4.69, 9.17) is 5.11 Å². The van der Waals surface area contributed by atoms with Gasteiger partial charge in [-0.05, 0) is 17.7 Å². The summed E-state index contributed by atoms with van der Waals surface area (Å²) in [4.78, 5) is 0.599. The molecule has 0 aliphatic rings. The van der Waals surface area contributed by atoms with E-state index in [0.717, 1.165) is 5.56 Å². The molecule has 1 rings (SSSR count). The first-order valence-electron chi connectivity index (χ1n) is 5.39. The molecule has 0 heterocycles. The monoisotopic (exact) mass is 243 g/mol. The maximum absolute atomic E-state index is 13.6. The number of benzene rings is 1. The Kier molecular flexibility index (Phi) is 5.80. The van der Waals surface area contributed by atoms with Gasteiger partial charge in [-0.2, -0.15) is 0 Å². The molecule has 0 aliphatic carbocycles. The molecular weight excluding hydrogens is 225 g/mol. The quantitative estimate of drug-likeness (QED) is 0.753. The maximum atomic E-state index is 13.6. The lowest BCUT2D eigenvalue weighted by atomic mass is 10.2. The van der Waals surface area contributed by atoms with Crippen LogP contribution in [0, 0.1) is 5.82 Å². The summed E-state index contributed by atoms with van der Waals surface area (Å²) in [6, 6.07) is 5.63. The number of hydrogen-bond acceptors (Lipinski definition) is 3. The summed E-state index contributed by atoms with van der Waals surface area (Å²) in [5.74, 6) is 0.321. The second-order valence-corrected chi connectivity index (χ2v) is 5.01. The van der Waals surface area contributed by atoms with Crippen LogP contribution in [0.3, 0.4) is 0 Å². The second kappa shape index (κ2) is 6.89. The first-order valence-corrected chi connectivity index (χ1v) is 6.37. The lowest BCUT2D eigenvalue weighted by Crippen LogP contribution is -2.21. The Hall–Kier alpha value is -0.580. The van der Waals surface area contributed by atoms with Crippen LogP contribution in [0.5, 0.6) is 0 Å². The zero-order chi connectivity index (χ0) is 12.0. The Morgan fingerprint density at radius 2 is 2.19 bits per heavy atom. The van der Waals surface area contributed by atoms with E-state index >= 15 is 0 Å². The highest BCUT2D eigenvalue weighted by Gasteiger charge is 2.04. The Balaban J connectivity index is 2.59. The summed E-state index contributed by atoms with van der Waals surface area (Å²) in [5.41, 5.74) is 0.944. The van der Waals surface area contributed by atoms with Gasteiger partial charge in [0.25, 0.3) is 0 Å². The van der Waals surface area contributed by atoms with Gasteiger partial charge in [0.05, 0.1) is 6.61 Å². The van der Waals surface area contributed by atoms with Gasteiger partial charge in [0.2, 0.25) is 0 Å². The maximum Gasteiger partial charge on any atom is 0.137 e. The van der Waals surface area contributed by atoms with Crippen molar-refractivity contribution in [2.45, 2.75) is 31.3 Å². The van der Waals surface area contributed by atoms with Gasteiger partial charge in [0.15, 0.2) is 0 Å². The number of hydrogen-bond donors (Lipinski definition) is 2. The van der Waals surface area contributed by atoms with Crippen molar-refractivity contribution < 1.29 is 9.50 Å². The third-order valence-electron chi connectivity index (χ3n) is 2.06. The fraction of sp³-hybridized carbons (Fsp3) is 0.500. The van der Waals surface area contributed by atoms with E-state index in [1.54, 1.807) is 12.1 Å². The van der Waals surface area contributed by atoms with Crippen LogP contribution < -0.4 is 5.32 Å². The SMILES string of the molecule is CC(C)NCc1ccc(SCCO)c(F)c1. The Labute approximate surface area is 100 Å². The van der Waals surface area contributed by atoms with E-state index < -0.39 is 0 Å². The molecule has 0 unspecified atom stereocenters. The Morgan fingerprint density at radius 3 is 2.75 bits per heavy atom. The number of halogens is 1. The molecule has 2 nitrogen and oxygen atoms in total. The molecule has 0 spiro atoms. The largest absolute Gasteiger partial charge is 0.396 e. The van der Waals surface area contributed by atoms with E-state index in [2.05, 4.69) is 19.2 Å². The molecule has 1 aromatic carbocycles. The topological polar surface area (TPSA) is 32.3 Å². The summed E-state index contributed by atoms with van der Waals surface area (Å²) in [6.45, 7) is 4.87. The van der Waals surface area contributed by atoms with Crippen LogP contribution in [0.15, 0.2) is 23.1 Å². The van der Waals surface area contributed by atoms with Gasteiger partial charge in [-0.25, -0.2) is 4.39 Å². The molecule has 0 radical (unpaired) electrons. The molecule has 0 amide bonds. The van der Waals surface area contributed by atoms with Crippen molar-refractivity contribution in [3.63, 3.8) is 0 Å². The zero-order valence-electron chi connectivity index (χ0n) is 9.66. The fourth-order valence-corrected chi connectivity index (χ4v) is 1.92. The highest BCUT2D eigenvalue weighted by Crippen LogP contribution is 2.22. The molecule has 0 aromatic heterocycles. The van der Waals surface area contributed by atoms with Gasteiger partial charge in [-0.1, -0.05) is 19.9 Å². The predicted octanol–water partition coefficient (Wildman–Crippen LogP) is 2.41. The van der Waals surface area contributed by atoms with Gasteiger partial charge in [-0.15, -0.1) is 11.8 Å². The van der Waals surface area contributed by atoms with Gasteiger partial charge in [0.1, 0.15) is 5.82 Å². The minimum absolute atomic E-state index is 0.0702. The lowest BCUT2D eigenvalue weighted by molar-refractivity contribution is 0.322. The minimum atomic E-state index is -0.207. The van der Waals surface area contributed by atoms with E-state index in [0.29, 0.717) is 23.2 Å². The standard InChI is InChI=1S/C12H18FNOS/c1-9(2)14-8-10-3-4-12(11(13)7-10)16-6-5-15/h3-4,7,9,14-15H,5-6,8H2,1-2H3. The molecule has 2 N–H and O–H groups in total. The van der Waals surface area contributed by atoms with Crippen molar-refractivity contribution in [3.05, 3.63) is 29.6 Å². The molecule has 0 aliphatic heterocycles. The first-order chi connectivity index (χ1) is 7.63. The summed E-state index contributed by atoms with van der Waals surface area (Å²) in [7, 11) is 0. The molecule has 0 fully saturated rings. The van der Waals surface area contributed by atoms with Crippen molar-refractivity contribution in [2.75, 3.05) is 12.4 Å². The first kappa shape index (κ1) is 13.5. The zero-order valence-corrected chi connectivity index (χ0v) is 10.5. The molecular formula is C12H18FNOS. The van der Waals surface area contributed by atoms with Crippen LogP contribution in [0.4, 0.5) is 4.39 Å². The fourth-order valence-electron chi connectivity index (χ4n) is 1.25. The number of aliphatic hydroxyl groups is 1. The van der Waals surface area contributed by atoms with Gasteiger partial charge in [0, 0.05) is 23.2 Å². The van der Waals surface area contributed by atoms with Crippen molar-refractivity contribution >= 4 is 11.8 Å². The number of nitrogens with one attached hydrogen (secondary N) is 1. The van der Waals surface area contributed by atoms with E-state index in [1.807, 2.05) is 6.07 Å². The molecule has 0 bridgehead atoms. The minimum Gasteiger partial charge on any atom is -0.396 e. The van der Waals surface area contributed by atoms with E-state index in [1.165, 1.54) is 11.8 Å². The van der Waals surface area contributed by atoms with Crippen LogP contribution in [-0.2, 0) is 6.54 Å². The summed E-state index contributed by atoms with van der Waals surface area (Å²) in [5, 5.41) is 11.9. The molecule has 0 saturated heterocycles. The highest BCUT2D eigenvalue weighted by atomic mass is 32.2. The van der Waals surface area contributed by atoms with E-state index in [-0.39, 0.29) is 12.4 Å². The number of thioether (sulfide) groups is 1. The average Bonchev–Trinajstić information content (AvgIpc) is 2.25. The number of rotatable bonds is 6. The van der Waals surface area contributed by atoms with Crippen LogP contribution >= 0.6 is 11.8 Å². The third-order valence-corrected chi connectivity index (χ3v) is 3.09. The second-order valence-electron chi connectivity index (χ2n) is 3.87. The summed E-state index contributed by atoms with van der Waals surface area (Å²) >= 11 is 1.33. The smallest absolute Gasteiger partial charge is 0.137 e. The Bertz CT molecular complexity index is 331. The van der Waals surface area contributed by atoms with Crippen molar-refractivity contribution in [1.82, 2.24) is 5.32 Å². The summed E-state index contributed by atoms with van der Waals surface area (Å²) < 4.78 is 13.6. The third kappa shape index (κ3) is 4.51. The molecule has 4 heteroatoms. The van der Waals surface area contributed by atoms with E-state index in [9.17, 15) is 4.39 Å². The molecule has 90 valence electrons. The van der Waals surface area contributed by atoms with Crippen LogP contribution in [0.2, 0.25) is 0 Å². The van der Waals surface area contributed by atoms with Crippen molar-refractivity contribution in [1.29, 1.82) is 0 Å². The van der Waals surface area contributed by atoms with Crippen LogP contribution in [-0.4, -0.2) is 23.5 Å². The van der Waals surface area contributed by atoms with Crippen LogP contribution in [0.25, 0.3) is 0 Å². The van der Waals surface area contributed by atoms with Gasteiger partial charge < -0.3 is 10.4 Å². The number of aliphatic hydroxyl groups excluding tert-OH is 1. The Morgan fingerprint density at radius 1 is 1.44 bits per heavy atom. The van der Waals surface area contributed by atoms with Crippen molar-refractivity contribution in [2.24, 2.45) is 0 Å². The van der Waals surface area contributed by atoms with Crippen LogP contribution in [0.1, 0.15) is 19.4 Å². The highest BCUT2D eigenvalue weighted by molar-refractivity contribution is 7.99. The molecule has 0 saturated carbocycles. The van der Waals surface area contributed by atoms with Gasteiger partial charge in [-0.3, -0.25) is 0 Å². The van der Waals surface area contributed by atoms with Gasteiger partial charge >= 0.3 is 0 Å². The average molecular weight is 243 g/mol.